The highest BCUT2D eigenvalue weighted by molar-refractivity contribution is 6.31. The second-order valence-corrected chi connectivity index (χ2v) is 5.39. The average Bonchev–Trinajstić information content (AvgIpc) is 2.79. The molecule has 0 fully saturated rings. The van der Waals surface area contributed by atoms with Gasteiger partial charge in [0.05, 0.1) is 0 Å². The van der Waals surface area contributed by atoms with Crippen LogP contribution in [-0.2, 0) is 12.8 Å². The van der Waals surface area contributed by atoms with Gasteiger partial charge in [-0.05, 0) is 17.5 Å². The minimum Gasteiger partial charge on any atom is -0.339 e. The summed E-state index contributed by atoms with van der Waals surface area (Å²) in [4.78, 5) is 4.35. The Kier molecular flexibility index (Phi) is 4.56. The fraction of sp³-hybridized carbons (Fsp3) is 0.429. The van der Waals surface area contributed by atoms with Crippen LogP contribution in [0.25, 0.3) is 0 Å². The van der Waals surface area contributed by atoms with Gasteiger partial charge < -0.3 is 10.3 Å². The third-order valence-electron chi connectivity index (χ3n) is 3.08. The zero-order valence-corrected chi connectivity index (χ0v) is 11.9. The molecule has 0 amide bonds. The van der Waals surface area contributed by atoms with Gasteiger partial charge in [-0.1, -0.05) is 48.8 Å². The minimum absolute atomic E-state index is 0.0358. The van der Waals surface area contributed by atoms with Crippen LogP contribution < -0.4 is 5.73 Å². The van der Waals surface area contributed by atoms with Gasteiger partial charge in [-0.25, -0.2) is 0 Å². The first-order valence-corrected chi connectivity index (χ1v) is 6.74. The molecule has 1 heterocycles. The average molecular weight is 280 g/mol. The number of hydrogen-bond acceptors (Lipinski definition) is 4. The van der Waals surface area contributed by atoms with Crippen molar-refractivity contribution in [2.45, 2.75) is 32.7 Å². The molecule has 19 heavy (non-hydrogen) atoms. The predicted molar refractivity (Wildman–Crippen MR) is 75.1 cm³/mol. The van der Waals surface area contributed by atoms with Crippen LogP contribution in [0.3, 0.4) is 0 Å². The topological polar surface area (TPSA) is 64.9 Å². The quantitative estimate of drug-likeness (QED) is 0.914. The maximum atomic E-state index is 6.10. The molecule has 0 aliphatic carbocycles. The monoisotopic (exact) mass is 279 g/mol. The Morgan fingerprint density at radius 3 is 2.74 bits per heavy atom. The van der Waals surface area contributed by atoms with E-state index < -0.39 is 0 Å². The molecule has 2 aromatic rings. The standard InChI is InChI=1S/C14H18ClN3O/c1-9(2)12(16)8-14-17-13(18-19-14)7-10-5-3-4-6-11(10)15/h3-6,9,12H,7-8,16H2,1-2H3. The third kappa shape index (κ3) is 3.78. The Hall–Kier alpha value is -1.39. The normalized spacial score (nSPS) is 12.9. The maximum Gasteiger partial charge on any atom is 0.228 e. The lowest BCUT2D eigenvalue weighted by atomic mass is 10.0. The van der Waals surface area contributed by atoms with Crippen molar-refractivity contribution in [1.82, 2.24) is 10.1 Å². The van der Waals surface area contributed by atoms with E-state index in [0.29, 0.717) is 35.5 Å². The molecular formula is C14H18ClN3O. The highest BCUT2D eigenvalue weighted by Crippen LogP contribution is 2.18. The summed E-state index contributed by atoms with van der Waals surface area (Å²) in [6.07, 6.45) is 1.17. The number of hydrogen-bond donors (Lipinski definition) is 1. The van der Waals surface area contributed by atoms with Gasteiger partial charge in [0.15, 0.2) is 5.82 Å². The Morgan fingerprint density at radius 1 is 1.32 bits per heavy atom. The van der Waals surface area contributed by atoms with E-state index in [1.807, 2.05) is 24.3 Å². The van der Waals surface area contributed by atoms with Crippen LogP contribution in [0.2, 0.25) is 5.02 Å². The third-order valence-corrected chi connectivity index (χ3v) is 3.45. The molecule has 2 rings (SSSR count). The van der Waals surface area contributed by atoms with Crippen molar-refractivity contribution in [2.24, 2.45) is 11.7 Å². The van der Waals surface area contributed by atoms with Crippen LogP contribution in [-0.4, -0.2) is 16.2 Å². The zero-order valence-electron chi connectivity index (χ0n) is 11.1. The molecular weight excluding hydrogens is 262 g/mol. The van der Waals surface area contributed by atoms with Gasteiger partial charge in [0, 0.05) is 23.9 Å². The highest BCUT2D eigenvalue weighted by atomic mass is 35.5. The molecule has 0 radical (unpaired) electrons. The van der Waals surface area contributed by atoms with Crippen LogP contribution in [0.15, 0.2) is 28.8 Å². The van der Waals surface area contributed by atoms with Crippen LogP contribution in [0.1, 0.15) is 31.1 Å². The van der Waals surface area contributed by atoms with Gasteiger partial charge in [0.25, 0.3) is 0 Å². The summed E-state index contributed by atoms with van der Waals surface area (Å²) >= 11 is 6.10. The molecule has 0 saturated heterocycles. The van der Waals surface area contributed by atoms with Gasteiger partial charge in [0.1, 0.15) is 0 Å². The minimum atomic E-state index is 0.0358. The highest BCUT2D eigenvalue weighted by Gasteiger charge is 2.14. The van der Waals surface area contributed by atoms with E-state index in [2.05, 4.69) is 24.0 Å². The molecule has 0 saturated carbocycles. The second-order valence-electron chi connectivity index (χ2n) is 4.98. The van der Waals surface area contributed by atoms with Crippen molar-refractivity contribution in [3.8, 4) is 0 Å². The van der Waals surface area contributed by atoms with E-state index in [-0.39, 0.29) is 6.04 Å². The molecule has 5 heteroatoms. The SMILES string of the molecule is CC(C)C(N)Cc1nc(Cc2ccccc2Cl)no1. The van der Waals surface area contributed by atoms with Crippen LogP contribution >= 0.6 is 11.6 Å². The van der Waals surface area contributed by atoms with Crippen molar-refractivity contribution >= 4 is 11.6 Å². The number of aromatic nitrogens is 2. The zero-order chi connectivity index (χ0) is 13.8. The lowest BCUT2D eigenvalue weighted by Crippen LogP contribution is -2.28. The maximum absolute atomic E-state index is 6.10. The van der Waals surface area contributed by atoms with E-state index in [0.717, 1.165) is 5.56 Å². The van der Waals surface area contributed by atoms with Gasteiger partial charge in [-0.3, -0.25) is 0 Å². The van der Waals surface area contributed by atoms with Gasteiger partial charge in [0.2, 0.25) is 5.89 Å². The molecule has 1 unspecified atom stereocenters. The molecule has 4 nitrogen and oxygen atoms in total. The lowest BCUT2D eigenvalue weighted by Gasteiger charge is -2.11. The fourth-order valence-electron chi connectivity index (χ4n) is 1.69. The van der Waals surface area contributed by atoms with Gasteiger partial charge in [-0.2, -0.15) is 4.98 Å². The Labute approximate surface area is 118 Å². The van der Waals surface area contributed by atoms with E-state index in [1.165, 1.54) is 0 Å². The van der Waals surface area contributed by atoms with E-state index in [4.69, 9.17) is 21.9 Å². The summed E-state index contributed by atoms with van der Waals surface area (Å²) in [5.41, 5.74) is 6.98. The largest absolute Gasteiger partial charge is 0.339 e. The first-order valence-electron chi connectivity index (χ1n) is 6.36. The van der Waals surface area contributed by atoms with Gasteiger partial charge >= 0.3 is 0 Å². The van der Waals surface area contributed by atoms with Crippen LogP contribution in [0.5, 0.6) is 0 Å². The summed E-state index contributed by atoms with van der Waals surface area (Å²) < 4.78 is 5.21. The molecule has 102 valence electrons. The van der Waals surface area contributed by atoms with Gasteiger partial charge in [-0.15, -0.1) is 0 Å². The number of rotatable bonds is 5. The van der Waals surface area contributed by atoms with E-state index in [9.17, 15) is 0 Å². The van der Waals surface area contributed by atoms with Crippen molar-refractivity contribution in [1.29, 1.82) is 0 Å². The van der Waals surface area contributed by atoms with Crippen molar-refractivity contribution in [3.63, 3.8) is 0 Å². The van der Waals surface area contributed by atoms with Crippen molar-refractivity contribution < 1.29 is 4.52 Å². The van der Waals surface area contributed by atoms with Crippen LogP contribution in [0, 0.1) is 5.92 Å². The molecule has 1 aromatic carbocycles. The van der Waals surface area contributed by atoms with Crippen molar-refractivity contribution in [2.75, 3.05) is 0 Å². The lowest BCUT2D eigenvalue weighted by molar-refractivity contribution is 0.350. The fourth-order valence-corrected chi connectivity index (χ4v) is 1.90. The number of nitrogens with two attached hydrogens (primary N) is 1. The molecule has 2 N–H and O–H groups in total. The smallest absolute Gasteiger partial charge is 0.228 e. The molecule has 0 bridgehead atoms. The number of halogens is 1. The first-order chi connectivity index (χ1) is 9.06. The van der Waals surface area contributed by atoms with E-state index in [1.54, 1.807) is 0 Å². The molecule has 1 atom stereocenters. The molecule has 0 aliphatic heterocycles. The predicted octanol–water partition coefficient (Wildman–Crippen LogP) is 2.84. The summed E-state index contributed by atoms with van der Waals surface area (Å²) in [5.74, 6) is 1.61. The Morgan fingerprint density at radius 2 is 2.05 bits per heavy atom. The Bertz CT molecular complexity index is 539. The Balaban J connectivity index is 2.04. The number of benzene rings is 1. The second kappa shape index (κ2) is 6.17. The summed E-state index contributed by atoms with van der Waals surface area (Å²) in [6.45, 7) is 4.15. The van der Waals surface area contributed by atoms with E-state index >= 15 is 0 Å². The number of nitrogens with zero attached hydrogens (tertiary/aromatic N) is 2. The summed E-state index contributed by atoms with van der Waals surface area (Å²) in [5, 5.41) is 4.68. The summed E-state index contributed by atoms with van der Waals surface area (Å²) in [7, 11) is 0. The van der Waals surface area contributed by atoms with Crippen LogP contribution in [0.4, 0.5) is 0 Å². The summed E-state index contributed by atoms with van der Waals surface area (Å²) in [6, 6.07) is 7.69. The molecule has 1 aromatic heterocycles. The van der Waals surface area contributed by atoms with Crippen molar-refractivity contribution in [3.05, 3.63) is 46.6 Å². The molecule has 0 aliphatic rings. The first kappa shape index (κ1) is 14.0. The molecule has 0 spiro atoms.